The first kappa shape index (κ1) is 13.5. The summed E-state index contributed by atoms with van der Waals surface area (Å²) in [5.74, 6) is 0.277. The second-order valence-corrected chi connectivity index (χ2v) is 5.75. The van der Waals surface area contributed by atoms with Gasteiger partial charge in [0.25, 0.3) is 0 Å². The Morgan fingerprint density at radius 3 is 2.44 bits per heavy atom. The molecule has 1 N–H and O–H groups in total. The van der Waals surface area contributed by atoms with Gasteiger partial charge in [0, 0.05) is 26.1 Å². The molecule has 0 aromatic rings. The van der Waals surface area contributed by atoms with Crippen molar-refractivity contribution in [2.24, 2.45) is 5.41 Å². The molecule has 1 amide bonds. The van der Waals surface area contributed by atoms with Crippen LogP contribution in [0.4, 0.5) is 0 Å². The lowest BCUT2D eigenvalue weighted by molar-refractivity contribution is -0.132. The smallest absolute Gasteiger partial charge is 0.223 e. The van der Waals surface area contributed by atoms with Gasteiger partial charge in [-0.25, -0.2) is 0 Å². The molecule has 0 bridgehead atoms. The van der Waals surface area contributed by atoms with Gasteiger partial charge in [-0.1, -0.05) is 13.8 Å². The van der Waals surface area contributed by atoms with Gasteiger partial charge in [0.1, 0.15) is 0 Å². The molecule has 1 rings (SSSR count). The predicted molar refractivity (Wildman–Crippen MR) is 67.4 cm³/mol. The topological polar surface area (TPSA) is 32.3 Å². The highest BCUT2D eigenvalue weighted by molar-refractivity contribution is 5.76. The van der Waals surface area contributed by atoms with E-state index in [1.54, 1.807) is 0 Å². The van der Waals surface area contributed by atoms with Crippen LogP contribution in [0.15, 0.2) is 0 Å². The van der Waals surface area contributed by atoms with Gasteiger partial charge in [0.05, 0.1) is 0 Å². The third-order valence-electron chi connectivity index (χ3n) is 3.84. The minimum atomic E-state index is 0.277. The number of carbonyl (C=O) groups is 1. The molecule has 1 saturated carbocycles. The Hall–Kier alpha value is -0.570. The summed E-state index contributed by atoms with van der Waals surface area (Å²) in [6, 6.07) is 0.470. The number of amides is 1. The molecule has 1 fully saturated rings. The van der Waals surface area contributed by atoms with Crippen LogP contribution in [0, 0.1) is 5.41 Å². The average molecular weight is 226 g/mol. The summed E-state index contributed by atoms with van der Waals surface area (Å²) in [7, 11) is 3.84. The van der Waals surface area contributed by atoms with E-state index in [0.717, 1.165) is 19.4 Å². The van der Waals surface area contributed by atoms with E-state index in [-0.39, 0.29) is 5.91 Å². The van der Waals surface area contributed by atoms with Crippen LogP contribution in [0.1, 0.15) is 46.0 Å². The van der Waals surface area contributed by atoms with Crippen LogP contribution in [-0.2, 0) is 4.79 Å². The second-order valence-electron chi connectivity index (χ2n) is 5.75. The molecule has 0 heterocycles. The number of hydrogen-bond acceptors (Lipinski definition) is 2. The SMILES string of the molecule is CNCCC(=O)N(C)C1CCC(C)(C)CC1. The van der Waals surface area contributed by atoms with Gasteiger partial charge in [0.15, 0.2) is 0 Å². The highest BCUT2D eigenvalue weighted by Gasteiger charge is 2.30. The molecule has 0 unspecified atom stereocenters. The minimum Gasteiger partial charge on any atom is -0.343 e. The molecule has 94 valence electrons. The zero-order valence-electron chi connectivity index (χ0n) is 11.2. The first-order valence-corrected chi connectivity index (χ1v) is 6.36. The van der Waals surface area contributed by atoms with Crippen molar-refractivity contribution < 1.29 is 4.79 Å². The molecule has 0 saturated heterocycles. The van der Waals surface area contributed by atoms with Crippen molar-refractivity contribution >= 4 is 5.91 Å². The maximum absolute atomic E-state index is 11.8. The molecule has 1 aliphatic carbocycles. The largest absolute Gasteiger partial charge is 0.343 e. The summed E-state index contributed by atoms with van der Waals surface area (Å²) in [5, 5.41) is 3.02. The van der Waals surface area contributed by atoms with E-state index in [9.17, 15) is 4.79 Å². The van der Waals surface area contributed by atoms with Crippen LogP contribution in [0.3, 0.4) is 0 Å². The highest BCUT2D eigenvalue weighted by Crippen LogP contribution is 2.36. The molecule has 16 heavy (non-hydrogen) atoms. The Labute approximate surface area is 99.6 Å². The first-order chi connectivity index (χ1) is 7.46. The van der Waals surface area contributed by atoms with Crippen molar-refractivity contribution in [3.63, 3.8) is 0 Å². The molecular weight excluding hydrogens is 200 g/mol. The summed E-state index contributed by atoms with van der Waals surface area (Å²) in [6.45, 7) is 5.43. The molecule has 0 atom stereocenters. The molecule has 3 nitrogen and oxygen atoms in total. The fraction of sp³-hybridized carbons (Fsp3) is 0.923. The lowest BCUT2D eigenvalue weighted by Gasteiger charge is -2.38. The van der Waals surface area contributed by atoms with Crippen molar-refractivity contribution in [2.45, 2.75) is 52.0 Å². The average Bonchev–Trinajstić information content (AvgIpc) is 2.25. The van der Waals surface area contributed by atoms with Crippen LogP contribution >= 0.6 is 0 Å². The number of carbonyl (C=O) groups excluding carboxylic acids is 1. The van der Waals surface area contributed by atoms with Crippen LogP contribution < -0.4 is 5.32 Å². The van der Waals surface area contributed by atoms with Gasteiger partial charge in [-0.05, 0) is 38.1 Å². The van der Waals surface area contributed by atoms with Gasteiger partial charge >= 0.3 is 0 Å². The summed E-state index contributed by atoms with van der Waals surface area (Å²) in [4.78, 5) is 13.8. The van der Waals surface area contributed by atoms with E-state index in [4.69, 9.17) is 0 Å². The Morgan fingerprint density at radius 1 is 1.38 bits per heavy atom. The first-order valence-electron chi connectivity index (χ1n) is 6.36. The maximum Gasteiger partial charge on any atom is 0.223 e. The third kappa shape index (κ3) is 3.78. The van der Waals surface area contributed by atoms with Crippen LogP contribution in [0.2, 0.25) is 0 Å². The van der Waals surface area contributed by atoms with E-state index >= 15 is 0 Å². The zero-order valence-corrected chi connectivity index (χ0v) is 11.2. The van der Waals surface area contributed by atoms with Gasteiger partial charge in [-0.2, -0.15) is 0 Å². The Balaban J connectivity index is 2.38. The Bertz CT molecular complexity index is 228. The fourth-order valence-corrected chi connectivity index (χ4v) is 2.38. The van der Waals surface area contributed by atoms with Crippen molar-refractivity contribution in [1.82, 2.24) is 10.2 Å². The monoisotopic (exact) mass is 226 g/mol. The van der Waals surface area contributed by atoms with E-state index in [2.05, 4.69) is 19.2 Å². The van der Waals surface area contributed by atoms with Gasteiger partial charge in [-0.3, -0.25) is 4.79 Å². The Kier molecular flexibility index (Phi) is 4.78. The third-order valence-corrected chi connectivity index (χ3v) is 3.84. The standard InChI is InChI=1S/C13H26N2O/c1-13(2)8-5-11(6-9-13)15(4)12(16)7-10-14-3/h11,14H,5-10H2,1-4H3. The second kappa shape index (κ2) is 5.67. The summed E-state index contributed by atoms with van der Waals surface area (Å²) in [6.07, 6.45) is 5.42. The summed E-state index contributed by atoms with van der Waals surface area (Å²) >= 11 is 0. The van der Waals surface area contributed by atoms with Gasteiger partial charge in [-0.15, -0.1) is 0 Å². The number of nitrogens with one attached hydrogen (secondary N) is 1. The lowest BCUT2D eigenvalue weighted by Crippen LogP contribution is -2.41. The van der Waals surface area contributed by atoms with Gasteiger partial charge < -0.3 is 10.2 Å². The maximum atomic E-state index is 11.8. The number of rotatable bonds is 4. The molecule has 0 aliphatic heterocycles. The van der Waals surface area contributed by atoms with Crippen LogP contribution in [-0.4, -0.2) is 37.5 Å². The van der Waals surface area contributed by atoms with Crippen molar-refractivity contribution in [3.8, 4) is 0 Å². The van der Waals surface area contributed by atoms with Crippen molar-refractivity contribution in [3.05, 3.63) is 0 Å². The van der Waals surface area contributed by atoms with Crippen molar-refractivity contribution in [1.29, 1.82) is 0 Å². The summed E-state index contributed by atoms with van der Waals surface area (Å²) < 4.78 is 0. The van der Waals surface area contributed by atoms with E-state index < -0.39 is 0 Å². The molecule has 0 aromatic carbocycles. The molecule has 3 heteroatoms. The molecule has 0 aromatic heterocycles. The van der Waals surface area contributed by atoms with E-state index in [0.29, 0.717) is 17.9 Å². The fourth-order valence-electron chi connectivity index (χ4n) is 2.38. The van der Waals surface area contributed by atoms with E-state index in [1.807, 2.05) is 19.0 Å². The Morgan fingerprint density at radius 2 is 1.94 bits per heavy atom. The van der Waals surface area contributed by atoms with Crippen LogP contribution in [0.25, 0.3) is 0 Å². The number of hydrogen-bond donors (Lipinski definition) is 1. The van der Waals surface area contributed by atoms with E-state index in [1.165, 1.54) is 12.8 Å². The summed E-state index contributed by atoms with van der Waals surface area (Å²) in [5.41, 5.74) is 0.478. The minimum absolute atomic E-state index is 0.277. The zero-order chi connectivity index (χ0) is 12.2. The number of nitrogens with zero attached hydrogens (tertiary/aromatic N) is 1. The lowest BCUT2D eigenvalue weighted by atomic mass is 9.75. The van der Waals surface area contributed by atoms with Crippen molar-refractivity contribution in [2.75, 3.05) is 20.6 Å². The molecule has 0 radical (unpaired) electrons. The molecule has 0 spiro atoms. The quantitative estimate of drug-likeness (QED) is 0.795. The van der Waals surface area contributed by atoms with Gasteiger partial charge in [0.2, 0.25) is 5.91 Å². The predicted octanol–water partition coefficient (Wildman–Crippen LogP) is 2.02. The molecular formula is C13H26N2O. The molecule has 1 aliphatic rings. The highest BCUT2D eigenvalue weighted by atomic mass is 16.2. The normalized spacial score (nSPS) is 20.8. The van der Waals surface area contributed by atoms with Crippen LogP contribution in [0.5, 0.6) is 0 Å².